The molecule has 20 heavy (non-hydrogen) atoms. The van der Waals surface area contributed by atoms with E-state index < -0.39 is 0 Å². The molecule has 0 radical (unpaired) electrons. The lowest BCUT2D eigenvalue weighted by molar-refractivity contribution is 0.411. The van der Waals surface area contributed by atoms with Gasteiger partial charge in [-0.1, -0.05) is 28.1 Å². The van der Waals surface area contributed by atoms with Gasteiger partial charge in [-0.05, 0) is 77.5 Å². The Morgan fingerprint density at radius 2 is 1.95 bits per heavy atom. The Kier molecular flexibility index (Phi) is 5.46. The van der Waals surface area contributed by atoms with Crippen LogP contribution in [-0.2, 0) is 0 Å². The Bertz CT molecular complexity index is 615. The second-order valence-corrected chi connectivity index (χ2v) is 6.72. The number of hydrogen-bond acceptors (Lipinski definition) is 2. The summed E-state index contributed by atoms with van der Waals surface area (Å²) in [5.74, 6) is 0.922. The van der Waals surface area contributed by atoms with Gasteiger partial charge in [0, 0.05) is 8.04 Å². The monoisotopic (exact) mass is 445 g/mol. The maximum absolute atomic E-state index is 5.33. The highest BCUT2D eigenvalue weighted by atomic mass is 127. The molecule has 0 heterocycles. The minimum Gasteiger partial charge on any atom is -0.496 e. The van der Waals surface area contributed by atoms with Crippen molar-refractivity contribution in [1.29, 1.82) is 0 Å². The van der Waals surface area contributed by atoms with Crippen LogP contribution in [-0.4, -0.2) is 14.2 Å². The summed E-state index contributed by atoms with van der Waals surface area (Å²) in [6.45, 7) is 2.07. The molecule has 0 spiro atoms. The minimum atomic E-state index is 0.156. The number of rotatable bonds is 4. The summed E-state index contributed by atoms with van der Waals surface area (Å²) in [6, 6.07) is 12.9. The molecule has 4 heteroatoms. The number of methoxy groups -OCH3 is 1. The summed E-state index contributed by atoms with van der Waals surface area (Å²) < 4.78 is 7.68. The summed E-state index contributed by atoms with van der Waals surface area (Å²) in [7, 11) is 3.68. The molecule has 0 bridgehead atoms. The number of nitrogens with one attached hydrogen (secondary N) is 1. The zero-order valence-electron chi connectivity index (χ0n) is 11.7. The van der Waals surface area contributed by atoms with Crippen molar-refractivity contribution in [1.82, 2.24) is 5.32 Å². The summed E-state index contributed by atoms with van der Waals surface area (Å²) >= 11 is 5.99. The van der Waals surface area contributed by atoms with Crippen LogP contribution < -0.4 is 10.1 Å². The van der Waals surface area contributed by atoms with Crippen molar-refractivity contribution < 1.29 is 4.74 Å². The molecule has 2 aromatic rings. The Morgan fingerprint density at radius 1 is 1.20 bits per heavy atom. The lowest BCUT2D eigenvalue weighted by Gasteiger charge is -2.20. The van der Waals surface area contributed by atoms with Gasteiger partial charge in [-0.3, -0.25) is 0 Å². The van der Waals surface area contributed by atoms with Crippen molar-refractivity contribution in [3.63, 3.8) is 0 Å². The van der Waals surface area contributed by atoms with Crippen LogP contribution in [0.25, 0.3) is 0 Å². The molecule has 2 nitrogen and oxygen atoms in total. The zero-order chi connectivity index (χ0) is 14.7. The molecule has 0 aromatic heterocycles. The van der Waals surface area contributed by atoms with Gasteiger partial charge in [-0.15, -0.1) is 0 Å². The molecule has 2 rings (SSSR count). The highest BCUT2D eigenvalue weighted by Gasteiger charge is 2.16. The van der Waals surface area contributed by atoms with Crippen LogP contribution in [0.5, 0.6) is 5.75 Å². The van der Waals surface area contributed by atoms with Crippen molar-refractivity contribution >= 4 is 38.5 Å². The Morgan fingerprint density at radius 3 is 2.55 bits per heavy atom. The maximum Gasteiger partial charge on any atom is 0.121 e. The van der Waals surface area contributed by atoms with Crippen LogP contribution in [0.15, 0.2) is 40.9 Å². The fraction of sp³-hybridized carbons (Fsp3) is 0.250. The lowest BCUT2D eigenvalue weighted by Crippen LogP contribution is -2.18. The van der Waals surface area contributed by atoms with E-state index in [0.717, 1.165) is 15.8 Å². The van der Waals surface area contributed by atoms with Gasteiger partial charge in [-0.2, -0.15) is 0 Å². The first kappa shape index (κ1) is 15.8. The van der Waals surface area contributed by atoms with E-state index in [1.807, 2.05) is 13.1 Å². The highest BCUT2D eigenvalue weighted by molar-refractivity contribution is 14.1. The van der Waals surface area contributed by atoms with Gasteiger partial charge in [-0.25, -0.2) is 0 Å². The smallest absolute Gasteiger partial charge is 0.121 e. The minimum absolute atomic E-state index is 0.156. The average molecular weight is 446 g/mol. The summed E-state index contributed by atoms with van der Waals surface area (Å²) in [4.78, 5) is 0. The van der Waals surface area contributed by atoms with Gasteiger partial charge < -0.3 is 10.1 Å². The highest BCUT2D eigenvalue weighted by Crippen LogP contribution is 2.31. The lowest BCUT2D eigenvalue weighted by atomic mass is 9.97. The molecule has 106 valence electrons. The molecule has 0 aliphatic heterocycles. The fourth-order valence-corrected chi connectivity index (χ4v) is 3.31. The third kappa shape index (κ3) is 3.35. The molecule has 0 saturated heterocycles. The van der Waals surface area contributed by atoms with E-state index in [0.29, 0.717) is 0 Å². The van der Waals surface area contributed by atoms with Gasteiger partial charge in [0.25, 0.3) is 0 Å². The zero-order valence-corrected chi connectivity index (χ0v) is 15.4. The number of hydrogen-bond donors (Lipinski definition) is 1. The average Bonchev–Trinajstić information content (AvgIpc) is 2.44. The van der Waals surface area contributed by atoms with Crippen LogP contribution in [0.4, 0.5) is 0 Å². The van der Waals surface area contributed by atoms with Gasteiger partial charge in [0.1, 0.15) is 5.75 Å². The third-order valence-corrected chi connectivity index (χ3v) is 4.70. The van der Waals surface area contributed by atoms with E-state index >= 15 is 0 Å². The van der Waals surface area contributed by atoms with Crippen LogP contribution in [0.3, 0.4) is 0 Å². The topological polar surface area (TPSA) is 21.3 Å². The molecular weight excluding hydrogens is 429 g/mol. The van der Waals surface area contributed by atoms with E-state index in [9.17, 15) is 0 Å². The molecule has 0 fully saturated rings. The molecule has 0 aliphatic rings. The maximum atomic E-state index is 5.33. The molecule has 2 aromatic carbocycles. The van der Waals surface area contributed by atoms with E-state index in [4.69, 9.17) is 4.74 Å². The van der Waals surface area contributed by atoms with Gasteiger partial charge in [0.2, 0.25) is 0 Å². The second-order valence-electron chi connectivity index (χ2n) is 4.62. The SMILES string of the molecule is CNC(c1ccc(OC)c(C)c1)c1cc(I)ccc1Br. The fourth-order valence-electron chi connectivity index (χ4n) is 2.32. The molecular formula is C16H17BrINO. The first-order valence-electron chi connectivity index (χ1n) is 6.33. The molecule has 1 unspecified atom stereocenters. The summed E-state index contributed by atoms with van der Waals surface area (Å²) in [5.41, 5.74) is 3.62. The van der Waals surface area contributed by atoms with Gasteiger partial charge >= 0.3 is 0 Å². The van der Waals surface area contributed by atoms with Crippen molar-refractivity contribution in [3.8, 4) is 5.75 Å². The van der Waals surface area contributed by atoms with Crippen LogP contribution in [0.2, 0.25) is 0 Å². The number of aryl methyl sites for hydroxylation is 1. The Hall–Kier alpha value is -0.590. The predicted molar refractivity (Wildman–Crippen MR) is 95.5 cm³/mol. The largest absolute Gasteiger partial charge is 0.496 e. The number of ether oxygens (including phenoxy) is 1. The van der Waals surface area contributed by atoms with E-state index in [-0.39, 0.29) is 6.04 Å². The molecule has 1 atom stereocenters. The van der Waals surface area contributed by atoms with E-state index in [1.54, 1.807) is 7.11 Å². The van der Waals surface area contributed by atoms with Crippen LogP contribution in [0, 0.1) is 10.5 Å². The van der Waals surface area contributed by atoms with Gasteiger partial charge in [0.15, 0.2) is 0 Å². The van der Waals surface area contributed by atoms with Crippen molar-refractivity contribution in [2.45, 2.75) is 13.0 Å². The predicted octanol–water partition coefficient (Wildman–Crippen LogP) is 4.68. The molecule has 0 saturated carbocycles. The van der Waals surface area contributed by atoms with Gasteiger partial charge in [0.05, 0.1) is 13.2 Å². The first-order chi connectivity index (χ1) is 9.56. The van der Waals surface area contributed by atoms with E-state index in [1.165, 1.54) is 14.7 Å². The summed E-state index contributed by atoms with van der Waals surface area (Å²) in [5, 5.41) is 3.39. The Balaban J connectivity index is 2.46. The normalized spacial score (nSPS) is 12.2. The third-order valence-electron chi connectivity index (χ3n) is 3.31. The van der Waals surface area contributed by atoms with Crippen molar-refractivity contribution in [2.24, 2.45) is 0 Å². The van der Waals surface area contributed by atoms with Crippen LogP contribution in [0.1, 0.15) is 22.7 Å². The molecule has 0 aliphatic carbocycles. The molecule has 1 N–H and O–H groups in total. The standard InChI is InChI=1S/C16H17BrINO/c1-10-8-11(4-7-15(10)20-3)16(19-2)13-9-12(18)5-6-14(13)17/h4-9,16,19H,1-3H3. The number of halogens is 2. The summed E-state index contributed by atoms with van der Waals surface area (Å²) in [6.07, 6.45) is 0. The quantitative estimate of drug-likeness (QED) is 0.690. The first-order valence-corrected chi connectivity index (χ1v) is 8.20. The van der Waals surface area contributed by atoms with E-state index in [2.05, 4.69) is 81.1 Å². The second kappa shape index (κ2) is 6.91. The molecule has 0 amide bonds. The number of benzene rings is 2. The van der Waals surface area contributed by atoms with Crippen molar-refractivity contribution in [3.05, 3.63) is 61.1 Å². The van der Waals surface area contributed by atoms with Crippen LogP contribution >= 0.6 is 38.5 Å². The Labute approximate surface area is 142 Å². The van der Waals surface area contributed by atoms with Crippen molar-refractivity contribution in [2.75, 3.05) is 14.2 Å².